The summed E-state index contributed by atoms with van der Waals surface area (Å²) in [6.07, 6.45) is 0. The lowest BCUT2D eigenvalue weighted by atomic mass is 10.2. The molecule has 0 aliphatic rings. The number of hydrogen-bond donors (Lipinski definition) is 0. The van der Waals surface area contributed by atoms with Crippen LogP contribution in [0.4, 0.5) is 0 Å². The summed E-state index contributed by atoms with van der Waals surface area (Å²) in [6, 6.07) is 6.97. The van der Waals surface area contributed by atoms with Gasteiger partial charge < -0.3 is 0 Å². The van der Waals surface area contributed by atoms with Crippen molar-refractivity contribution in [3.63, 3.8) is 0 Å². The predicted molar refractivity (Wildman–Crippen MR) is 58.5 cm³/mol. The van der Waals surface area contributed by atoms with Crippen LogP contribution in [-0.4, -0.2) is 11.6 Å². The van der Waals surface area contributed by atoms with Gasteiger partial charge in [-0.3, -0.25) is 4.89 Å². The van der Waals surface area contributed by atoms with Crippen LogP contribution in [0.25, 0.3) is 0 Å². The molecule has 1 aromatic rings. The van der Waals surface area contributed by atoms with Crippen LogP contribution >= 0.6 is 0 Å². The van der Waals surface area contributed by atoms with Gasteiger partial charge in [0, 0.05) is 0 Å². The summed E-state index contributed by atoms with van der Waals surface area (Å²) < 4.78 is 0. The van der Waals surface area contributed by atoms with E-state index in [1.165, 1.54) is 0 Å². The number of carbonyl (C=O) groups excluding carboxylic acids is 1. The zero-order valence-electron chi connectivity index (χ0n) is 9.94. The summed E-state index contributed by atoms with van der Waals surface area (Å²) in [5, 5.41) is 4.39. The smallest absolute Gasteiger partial charge is 0.263 e. The molecule has 0 unspecified atom stereocenters. The minimum absolute atomic E-state index is 0.420. The van der Waals surface area contributed by atoms with E-state index in [-0.39, 0.29) is 0 Å². The average molecular weight is 224 g/mol. The fraction of sp³-hybridized carbons (Fsp3) is 0.417. The molecule has 0 aliphatic carbocycles. The lowest BCUT2D eigenvalue weighted by Crippen LogP contribution is -2.20. The molecule has 4 heteroatoms. The van der Waals surface area contributed by atoms with Gasteiger partial charge in [-0.05, 0) is 44.9 Å². The second-order valence-electron chi connectivity index (χ2n) is 4.50. The Morgan fingerprint density at radius 2 is 1.69 bits per heavy atom. The van der Waals surface area contributed by atoms with Gasteiger partial charge in [-0.15, -0.1) is 0 Å². The van der Waals surface area contributed by atoms with E-state index in [2.05, 4.69) is 9.93 Å². The quantitative estimate of drug-likeness (QED) is 0.585. The lowest BCUT2D eigenvalue weighted by Gasteiger charge is -2.15. The molecule has 0 spiro atoms. The van der Waals surface area contributed by atoms with E-state index in [1.807, 2.05) is 19.1 Å². The van der Waals surface area contributed by atoms with Crippen LogP contribution in [0.5, 0.6) is 0 Å². The molecule has 0 atom stereocenters. The fourth-order valence-electron chi connectivity index (χ4n) is 0.888. The highest BCUT2D eigenvalue weighted by atomic mass is 17.5. The number of carbonyl (C=O) groups is 1. The topological polar surface area (TPSA) is 44.8 Å². The number of aryl methyl sites for hydroxylation is 1. The Bertz CT molecular complexity index is 348. The van der Waals surface area contributed by atoms with Crippen molar-refractivity contribution in [1.29, 1.82) is 0 Å². The van der Waals surface area contributed by atoms with Crippen LogP contribution in [0.15, 0.2) is 24.3 Å². The maximum absolute atomic E-state index is 11.4. The van der Waals surface area contributed by atoms with E-state index >= 15 is 0 Å². The van der Waals surface area contributed by atoms with Crippen molar-refractivity contribution in [3.8, 4) is 0 Å². The van der Waals surface area contributed by atoms with E-state index in [9.17, 15) is 4.79 Å². The van der Waals surface area contributed by atoms with Crippen molar-refractivity contribution in [2.24, 2.45) is 0 Å². The van der Waals surface area contributed by atoms with Crippen molar-refractivity contribution >= 4 is 5.97 Å². The summed E-state index contributed by atoms with van der Waals surface area (Å²) in [5.74, 6) is -0.579. The van der Waals surface area contributed by atoms with Crippen LogP contribution in [0.3, 0.4) is 0 Å². The molecule has 0 saturated carbocycles. The third kappa shape index (κ3) is 4.42. The molecule has 1 aromatic carbocycles. The first-order valence-electron chi connectivity index (χ1n) is 5.02. The van der Waals surface area contributed by atoms with E-state index < -0.39 is 11.6 Å². The summed E-state index contributed by atoms with van der Waals surface area (Å²) in [6.45, 7) is 7.29. The van der Waals surface area contributed by atoms with E-state index in [1.54, 1.807) is 32.9 Å². The van der Waals surface area contributed by atoms with Gasteiger partial charge in [0.05, 0.1) is 11.2 Å². The Morgan fingerprint density at radius 1 is 1.12 bits per heavy atom. The Balaban J connectivity index is 2.44. The fourth-order valence-corrected chi connectivity index (χ4v) is 0.888. The van der Waals surface area contributed by atoms with E-state index in [0.717, 1.165) is 5.56 Å². The van der Waals surface area contributed by atoms with Gasteiger partial charge in [-0.2, -0.15) is 4.89 Å². The Morgan fingerprint density at radius 3 is 2.19 bits per heavy atom. The molecule has 88 valence electrons. The van der Waals surface area contributed by atoms with Gasteiger partial charge in [0.2, 0.25) is 0 Å². The molecule has 0 heterocycles. The zero-order chi connectivity index (χ0) is 12.2. The highest BCUT2D eigenvalue weighted by Crippen LogP contribution is 2.09. The molecule has 0 amide bonds. The lowest BCUT2D eigenvalue weighted by molar-refractivity contribution is -0.510. The van der Waals surface area contributed by atoms with Gasteiger partial charge in [-0.1, -0.05) is 17.7 Å². The first-order chi connectivity index (χ1) is 7.38. The summed E-state index contributed by atoms with van der Waals surface area (Å²) in [4.78, 5) is 20.7. The van der Waals surface area contributed by atoms with Gasteiger partial charge in [0.25, 0.3) is 0 Å². The standard InChI is InChI=1S/C12H16O4/c1-9-5-7-10(8-6-9)11(13)14-16-15-12(2,3)4/h5-8H,1-4H3. The Kier molecular flexibility index (Phi) is 4.04. The van der Waals surface area contributed by atoms with Crippen LogP contribution < -0.4 is 0 Å². The van der Waals surface area contributed by atoms with Crippen LogP contribution in [0.2, 0.25) is 0 Å². The molecular weight excluding hydrogens is 208 g/mol. The van der Waals surface area contributed by atoms with Gasteiger partial charge >= 0.3 is 5.97 Å². The largest absolute Gasteiger partial charge is 0.376 e. The molecule has 0 radical (unpaired) electrons. The molecule has 1 rings (SSSR count). The molecule has 0 saturated heterocycles. The molecule has 4 nitrogen and oxygen atoms in total. The van der Waals surface area contributed by atoms with Crippen LogP contribution in [-0.2, 0) is 14.8 Å². The van der Waals surface area contributed by atoms with Gasteiger partial charge in [0.1, 0.15) is 0 Å². The molecule has 0 bridgehead atoms. The predicted octanol–water partition coefficient (Wildman–Crippen LogP) is 2.81. The van der Waals surface area contributed by atoms with E-state index in [0.29, 0.717) is 5.56 Å². The maximum Gasteiger partial charge on any atom is 0.376 e. The molecular formula is C12H16O4. The molecule has 0 aromatic heterocycles. The third-order valence-electron chi connectivity index (χ3n) is 1.68. The number of rotatable bonds is 3. The monoisotopic (exact) mass is 224 g/mol. The van der Waals surface area contributed by atoms with Crippen molar-refractivity contribution in [2.75, 3.05) is 0 Å². The van der Waals surface area contributed by atoms with Crippen molar-refractivity contribution in [1.82, 2.24) is 0 Å². The average Bonchev–Trinajstić information content (AvgIpc) is 2.16. The van der Waals surface area contributed by atoms with Gasteiger partial charge in [-0.25, -0.2) is 4.79 Å². The first-order valence-corrected chi connectivity index (χ1v) is 5.02. The highest BCUT2D eigenvalue weighted by molar-refractivity contribution is 5.88. The van der Waals surface area contributed by atoms with Crippen LogP contribution in [0.1, 0.15) is 36.7 Å². The highest BCUT2D eigenvalue weighted by Gasteiger charge is 2.14. The number of hydrogen-bond acceptors (Lipinski definition) is 4. The van der Waals surface area contributed by atoms with Gasteiger partial charge in [0.15, 0.2) is 0 Å². The molecule has 0 aliphatic heterocycles. The van der Waals surface area contributed by atoms with E-state index in [4.69, 9.17) is 4.89 Å². The summed E-state index contributed by atoms with van der Waals surface area (Å²) >= 11 is 0. The Hall–Kier alpha value is -1.39. The molecule has 0 fully saturated rings. The molecule has 0 N–H and O–H groups in total. The minimum atomic E-state index is -0.579. The third-order valence-corrected chi connectivity index (χ3v) is 1.68. The second kappa shape index (κ2) is 5.09. The number of benzene rings is 1. The normalized spacial score (nSPS) is 11.2. The second-order valence-corrected chi connectivity index (χ2v) is 4.50. The van der Waals surface area contributed by atoms with Crippen molar-refractivity contribution in [3.05, 3.63) is 35.4 Å². The molecule has 16 heavy (non-hydrogen) atoms. The van der Waals surface area contributed by atoms with Crippen molar-refractivity contribution < 1.29 is 19.6 Å². The summed E-state index contributed by atoms with van der Waals surface area (Å²) in [5.41, 5.74) is 0.972. The SMILES string of the molecule is Cc1ccc(C(=O)OOOC(C)(C)C)cc1. The Labute approximate surface area is 95.0 Å². The maximum atomic E-state index is 11.4. The summed E-state index contributed by atoms with van der Waals surface area (Å²) in [7, 11) is 0. The minimum Gasteiger partial charge on any atom is -0.263 e. The van der Waals surface area contributed by atoms with Crippen LogP contribution in [0, 0.1) is 6.92 Å². The zero-order valence-corrected chi connectivity index (χ0v) is 9.94. The first kappa shape index (κ1) is 12.7. The van der Waals surface area contributed by atoms with Crippen molar-refractivity contribution in [2.45, 2.75) is 33.3 Å².